The number of rotatable bonds is 3. The number of aliphatic hydroxyl groups is 3. The molecule has 6 atom stereocenters. The lowest BCUT2D eigenvalue weighted by atomic mass is 9.69. The predicted molar refractivity (Wildman–Crippen MR) is 127 cm³/mol. The number of aliphatic hydroxyl groups excluding tert-OH is 1. The Bertz CT molecular complexity index is 1270. The third-order valence-electron chi connectivity index (χ3n) is 7.85. The highest BCUT2D eigenvalue weighted by molar-refractivity contribution is 5.54. The predicted octanol–water partition coefficient (Wildman–Crippen LogP) is 5.01. The number of fused-ring (bicyclic) bond motifs is 3. The van der Waals surface area contributed by atoms with E-state index in [1.165, 1.54) is 0 Å². The summed E-state index contributed by atoms with van der Waals surface area (Å²) in [5, 5.41) is 37.1. The SMILES string of the molecule is O[C@@H]1c2ccccc2[C@@]2(O)[C@H]1[C@@H](c1ccccc1)[C@H](c1ccccc1)[C@]2(O)c1ccccc1. The molecule has 0 spiro atoms. The zero-order valence-electron chi connectivity index (χ0n) is 18.1. The third-order valence-corrected chi connectivity index (χ3v) is 7.85. The average Bonchev–Trinajstić information content (AvgIpc) is 3.24. The summed E-state index contributed by atoms with van der Waals surface area (Å²) in [5.74, 6) is -1.40. The van der Waals surface area contributed by atoms with Gasteiger partial charge in [-0.2, -0.15) is 0 Å². The van der Waals surface area contributed by atoms with Gasteiger partial charge >= 0.3 is 0 Å². The lowest BCUT2D eigenvalue weighted by molar-refractivity contribution is -0.174. The Kier molecular flexibility index (Phi) is 4.56. The Morgan fingerprint density at radius 1 is 0.545 bits per heavy atom. The van der Waals surface area contributed by atoms with Gasteiger partial charge in [0.25, 0.3) is 0 Å². The molecule has 1 fully saturated rings. The van der Waals surface area contributed by atoms with Crippen molar-refractivity contribution in [3.63, 3.8) is 0 Å². The third kappa shape index (κ3) is 2.61. The van der Waals surface area contributed by atoms with Crippen LogP contribution in [0, 0.1) is 5.92 Å². The van der Waals surface area contributed by atoms with Crippen molar-refractivity contribution in [1.82, 2.24) is 0 Å². The van der Waals surface area contributed by atoms with E-state index < -0.39 is 29.1 Å². The van der Waals surface area contributed by atoms with Crippen molar-refractivity contribution in [2.24, 2.45) is 5.92 Å². The van der Waals surface area contributed by atoms with E-state index in [0.29, 0.717) is 16.7 Å². The molecule has 0 radical (unpaired) electrons. The molecule has 4 aromatic rings. The normalized spacial score (nSPS) is 32.3. The van der Waals surface area contributed by atoms with Crippen molar-refractivity contribution in [1.29, 1.82) is 0 Å². The van der Waals surface area contributed by atoms with Crippen LogP contribution < -0.4 is 0 Å². The van der Waals surface area contributed by atoms with Gasteiger partial charge in [-0.3, -0.25) is 0 Å². The van der Waals surface area contributed by atoms with Gasteiger partial charge in [-0.1, -0.05) is 115 Å². The van der Waals surface area contributed by atoms with Crippen molar-refractivity contribution < 1.29 is 15.3 Å². The van der Waals surface area contributed by atoms with Crippen LogP contribution in [0.3, 0.4) is 0 Å². The fourth-order valence-corrected chi connectivity index (χ4v) is 6.60. The van der Waals surface area contributed by atoms with Crippen LogP contribution in [-0.2, 0) is 11.2 Å². The van der Waals surface area contributed by atoms with Crippen LogP contribution in [0.15, 0.2) is 115 Å². The molecule has 0 saturated heterocycles. The van der Waals surface area contributed by atoms with E-state index in [9.17, 15) is 15.3 Å². The van der Waals surface area contributed by atoms with E-state index in [2.05, 4.69) is 0 Å². The lowest BCUT2D eigenvalue weighted by Crippen LogP contribution is -2.49. The largest absolute Gasteiger partial charge is 0.388 e. The van der Waals surface area contributed by atoms with Crippen LogP contribution in [-0.4, -0.2) is 15.3 Å². The Morgan fingerprint density at radius 2 is 1.06 bits per heavy atom. The molecule has 0 aliphatic heterocycles. The highest BCUT2D eigenvalue weighted by atomic mass is 16.4. The van der Waals surface area contributed by atoms with Crippen LogP contribution >= 0.6 is 0 Å². The smallest absolute Gasteiger partial charge is 0.130 e. The second kappa shape index (κ2) is 7.39. The Labute approximate surface area is 193 Å². The van der Waals surface area contributed by atoms with Gasteiger partial charge in [0.15, 0.2) is 0 Å². The molecule has 3 heteroatoms. The lowest BCUT2D eigenvalue weighted by Gasteiger charge is -2.42. The number of hydrogen-bond acceptors (Lipinski definition) is 3. The first-order valence-corrected chi connectivity index (χ1v) is 11.5. The van der Waals surface area contributed by atoms with Crippen LogP contribution in [0.1, 0.15) is 45.8 Å². The monoisotopic (exact) mass is 434 g/mol. The first-order chi connectivity index (χ1) is 16.1. The molecule has 0 amide bonds. The van der Waals surface area contributed by atoms with Crippen LogP contribution in [0.25, 0.3) is 0 Å². The average molecular weight is 435 g/mol. The van der Waals surface area contributed by atoms with Crippen molar-refractivity contribution in [3.05, 3.63) is 143 Å². The standard InChI is InChI=1S/C30H26O3/c31-28-23-18-10-11-19-24(23)30(33)27(28)25(20-12-4-1-5-13-20)26(21-14-6-2-7-15-21)29(30,32)22-16-8-3-9-17-22/h1-19,25-28,31-33H/t25-,26-,27-,28+,29+,30+/m0/s1. The number of benzene rings is 4. The van der Waals surface area contributed by atoms with Crippen LogP contribution in [0.4, 0.5) is 0 Å². The summed E-state index contributed by atoms with van der Waals surface area (Å²) in [6.07, 6.45) is -0.902. The summed E-state index contributed by atoms with van der Waals surface area (Å²) in [7, 11) is 0. The second-order valence-corrected chi connectivity index (χ2v) is 9.28. The summed E-state index contributed by atoms with van der Waals surface area (Å²) in [5.41, 5.74) is 0.534. The van der Waals surface area contributed by atoms with Crippen molar-refractivity contribution >= 4 is 0 Å². The van der Waals surface area contributed by atoms with Crippen molar-refractivity contribution in [3.8, 4) is 0 Å². The molecule has 0 heterocycles. The Morgan fingerprint density at radius 3 is 1.70 bits per heavy atom. The highest BCUT2D eigenvalue weighted by Gasteiger charge is 2.74. The maximum atomic E-state index is 12.8. The van der Waals surface area contributed by atoms with Gasteiger partial charge in [-0.05, 0) is 27.8 Å². The first-order valence-electron chi connectivity index (χ1n) is 11.5. The van der Waals surface area contributed by atoms with Gasteiger partial charge in [-0.25, -0.2) is 0 Å². The maximum absolute atomic E-state index is 12.8. The molecule has 164 valence electrons. The van der Waals surface area contributed by atoms with Gasteiger partial charge in [0, 0.05) is 17.8 Å². The molecule has 0 bridgehead atoms. The quantitative estimate of drug-likeness (QED) is 0.425. The summed E-state index contributed by atoms with van der Waals surface area (Å²) >= 11 is 0. The highest BCUT2D eigenvalue weighted by Crippen LogP contribution is 2.73. The van der Waals surface area contributed by atoms with Crippen LogP contribution in [0.2, 0.25) is 0 Å². The molecule has 4 aromatic carbocycles. The van der Waals surface area contributed by atoms with E-state index in [0.717, 1.165) is 11.1 Å². The zero-order chi connectivity index (χ0) is 22.6. The Hall–Kier alpha value is -3.24. The van der Waals surface area contributed by atoms with Gasteiger partial charge in [-0.15, -0.1) is 0 Å². The Balaban J connectivity index is 1.72. The van der Waals surface area contributed by atoms with E-state index in [-0.39, 0.29) is 5.92 Å². The fourth-order valence-electron chi connectivity index (χ4n) is 6.60. The van der Waals surface area contributed by atoms with Crippen molar-refractivity contribution in [2.75, 3.05) is 0 Å². The second-order valence-electron chi connectivity index (χ2n) is 9.28. The molecule has 3 N–H and O–H groups in total. The van der Waals surface area contributed by atoms with Crippen LogP contribution in [0.5, 0.6) is 0 Å². The van der Waals surface area contributed by atoms with Gasteiger partial charge in [0.2, 0.25) is 0 Å². The molecule has 6 rings (SSSR count). The first kappa shape index (κ1) is 20.4. The molecule has 0 aromatic heterocycles. The summed E-state index contributed by atoms with van der Waals surface area (Å²) < 4.78 is 0. The zero-order valence-corrected chi connectivity index (χ0v) is 18.1. The fraction of sp³-hybridized carbons (Fsp3) is 0.200. The molecule has 3 nitrogen and oxygen atoms in total. The molecule has 1 saturated carbocycles. The minimum absolute atomic E-state index is 0.314. The van der Waals surface area contributed by atoms with E-state index in [4.69, 9.17) is 0 Å². The molecule has 2 aliphatic rings. The summed E-state index contributed by atoms with van der Waals surface area (Å²) in [6.45, 7) is 0. The molecular weight excluding hydrogens is 408 g/mol. The minimum atomic E-state index is -1.68. The molecule has 2 aliphatic carbocycles. The topological polar surface area (TPSA) is 60.7 Å². The van der Waals surface area contributed by atoms with Gasteiger partial charge < -0.3 is 15.3 Å². The van der Waals surface area contributed by atoms with E-state index >= 15 is 0 Å². The minimum Gasteiger partial charge on any atom is -0.388 e. The van der Waals surface area contributed by atoms with Gasteiger partial charge in [0.1, 0.15) is 11.2 Å². The maximum Gasteiger partial charge on any atom is 0.130 e. The molecular formula is C30H26O3. The number of hydrogen-bond donors (Lipinski definition) is 3. The molecule has 0 unspecified atom stereocenters. The van der Waals surface area contributed by atoms with Gasteiger partial charge in [0.05, 0.1) is 6.10 Å². The summed E-state index contributed by atoms with van der Waals surface area (Å²) in [6, 6.07) is 36.8. The summed E-state index contributed by atoms with van der Waals surface area (Å²) in [4.78, 5) is 0. The van der Waals surface area contributed by atoms with E-state index in [1.54, 1.807) is 0 Å². The van der Waals surface area contributed by atoms with Crippen molar-refractivity contribution in [2.45, 2.75) is 29.1 Å². The van der Waals surface area contributed by atoms with E-state index in [1.807, 2.05) is 115 Å². The molecule has 33 heavy (non-hydrogen) atoms.